The van der Waals surface area contributed by atoms with Crippen LogP contribution in [0.1, 0.15) is 21.5 Å². The van der Waals surface area contributed by atoms with E-state index in [9.17, 15) is 26.4 Å². The molecule has 0 aliphatic heterocycles. The van der Waals surface area contributed by atoms with E-state index in [4.69, 9.17) is 5.11 Å². The first kappa shape index (κ1) is 14.5. The summed E-state index contributed by atoms with van der Waals surface area (Å²) in [6.07, 6.45) is -3.80. The van der Waals surface area contributed by atoms with Crippen molar-refractivity contribution in [2.75, 3.05) is 6.26 Å². The zero-order chi connectivity index (χ0) is 14.1. The second-order valence-corrected chi connectivity index (χ2v) is 5.89. The highest BCUT2D eigenvalue weighted by Crippen LogP contribution is 2.31. The van der Waals surface area contributed by atoms with Gasteiger partial charge in [-0.2, -0.15) is 13.2 Å². The number of benzene rings is 1. The molecular formula is C10H9F3O4S. The highest BCUT2D eigenvalue weighted by atomic mass is 32.2. The fourth-order valence-electron chi connectivity index (χ4n) is 1.36. The van der Waals surface area contributed by atoms with Crippen molar-refractivity contribution < 1.29 is 31.5 Å². The van der Waals surface area contributed by atoms with Crippen molar-refractivity contribution in [3.63, 3.8) is 0 Å². The van der Waals surface area contributed by atoms with Crippen LogP contribution in [0.15, 0.2) is 18.2 Å². The van der Waals surface area contributed by atoms with Gasteiger partial charge in [-0.15, -0.1) is 0 Å². The fraction of sp³-hybridized carbons (Fsp3) is 0.300. The van der Waals surface area contributed by atoms with Crippen molar-refractivity contribution in [2.24, 2.45) is 0 Å². The van der Waals surface area contributed by atoms with Gasteiger partial charge in [0.1, 0.15) is 0 Å². The molecule has 8 heteroatoms. The van der Waals surface area contributed by atoms with Crippen LogP contribution in [0, 0.1) is 0 Å². The molecule has 0 fully saturated rings. The van der Waals surface area contributed by atoms with Gasteiger partial charge in [0.25, 0.3) is 0 Å². The molecule has 0 unspecified atom stereocenters. The number of carboxylic acids is 1. The van der Waals surface area contributed by atoms with E-state index in [0.29, 0.717) is 12.1 Å². The Morgan fingerprint density at radius 2 is 1.89 bits per heavy atom. The number of aromatic carboxylic acids is 1. The first-order valence-electron chi connectivity index (χ1n) is 4.62. The highest BCUT2D eigenvalue weighted by molar-refractivity contribution is 7.89. The Hall–Kier alpha value is -1.57. The minimum atomic E-state index is -4.67. The SMILES string of the molecule is CS(=O)(=O)Cc1ccc(C(F)(F)F)cc1C(=O)O. The van der Waals surface area contributed by atoms with Crippen molar-refractivity contribution in [1.82, 2.24) is 0 Å². The average Bonchev–Trinajstić information content (AvgIpc) is 2.13. The molecule has 1 aromatic rings. The van der Waals surface area contributed by atoms with E-state index in [2.05, 4.69) is 0 Å². The summed E-state index contributed by atoms with van der Waals surface area (Å²) in [6.45, 7) is 0. The third kappa shape index (κ3) is 3.73. The largest absolute Gasteiger partial charge is 0.478 e. The number of alkyl halides is 3. The van der Waals surface area contributed by atoms with Crippen molar-refractivity contribution in [3.05, 3.63) is 34.9 Å². The molecule has 0 aliphatic rings. The Bertz CT molecular complexity index is 575. The monoisotopic (exact) mass is 282 g/mol. The predicted molar refractivity (Wildman–Crippen MR) is 57.0 cm³/mol. The maximum Gasteiger partial charge on any atom is 0.416 e. The van der Waals surface area contributed by atoms with Crippen molar-refractivity contribution in [1.29, 1.82) is 0 Å². The Balaban J connectivity index is 3.34. The summed E-state index contributed by atoms with van der Waals surface area (Å²) < 4.78 is 59.3. The topological polar surface area (TPSA) is 71.4 Å². The van der Waals surface area contributed by atoms with Gasteiger partial charge in [0.05, 0.1) is 16.9 Å². The normalized spacial score (nSPS) is 12.4. The third-order valence-electron chi connectivity index (χ3n) is 2.09. The summed E-state index contributed by atoms with van der Waals surface area (Å²) in [7, 11) is -3.53. The lowest BCUT2D eigenvalue weighted by molar-refractivity contribution is -0.137. The zero-order valence-corrected chi connectivity index (χ0v) is 9.97. The molecular weight excluding hydrogens is 273 g/mol. The first-order chi connectivity index (χ1) is 8.00. The predicted octanol–water partition coefficient (Wildman–Crippen LogP) is 1.95. The van der Waals surface area contributed by atoms with Gasteiger partial charge < -0.3 is 5.11 Å². The first-order valence-corrected chi connectivity index (χ1v) is 6.68. The summed E-state index contributed by atoms with van der Waals surface area (Å²) >= 11 is 0. The van der Waals surface area contributed by atoms with Gasteiger partial charge >= 0.3 is 12.1 Å². The molecule has 0 saturated carbocycles. The number of halogens is 3. The van der Waals surface area contributed by atoms with Crippen LogP contribution >= 0.6 is 0 Å². The lowest BCUT2D eigenvalue weighted by atomic mass is 10.0. The lowest BCUT2D eigenvalue weighted by Crippen LogP contribution is -2.12. The number of rotatable bonds is 3. The van der Waals surface area contributed by atoms with E-state index >= 15 is 0 Å². The number of hydrogen-bond acceptors (Lipinski definition) is 3. The van der Waals surface area contributed by atoms with E-state index in [1.165, 1.54) is 0 Å². The van der Waals surface area contributed by atoms with Crippen molar-refractivity contribution >= 4 is 15.8 Å². The standard InChI is InChI=1S/C10H9F3O4S/c1-18(16,17)5-6-2-3-7(10(11,12)13)4-8(6)9(14)15/h2-4H,5H2,1H3,(H,14,15). The fourth-order valence-corrected chi connectivity index (χ4v) is 2.18. The van der Waals surface area contributed by atoms with Crippen LogP contribution < -0.4 is 0 Å². The van der Waals surface area contributed by atoms with E-state index in [-0.39, 0.29) is 5.56 Å². The quantitative estimate of drug-likeness (QED) is 0.919. The van der Waals surface area contributed by atoms with Crippen molar-refractivity contribution in [3.8, 4) is 0 Å². The molecule has 0 radical (unpaired) electrons. The Morgan fingerprint density at radius 3 is 2.28 bits per heavy atom. The molecule has 0 aliphatic carbocycles. The van der Waals surface area contributed by atoms with Crippen LogP contribution in [0.2, 0.25) is 0 Å². The molecule has 1 rings (SSSR count). The van der Waals surface area contributed by atoms with Crippen LogP contribution in [-0.4, -0.2) is 25.7 Å². The van der Waals surface area contributed by atoms with E-state index in [0.717, 1.165) is 12.3 Å². The van der Waals surface area contributed by atoms with E-state index < -0.39 is 38.9 Å². The van der Waals surface area contributed by atoms with Crippen LogP contribution in [0.3, 0.4) is 0 Å². The summed E-state index contributed by atoms with van der Waals surface area (Å²) in [5.74, 6) is -2.22. The van der Waals surface area contributed by atoms with Gasteiger partial charge in [-0.05, 0) is 17.7 Å². The molecule has 1 aromatic carbocycles. The Morgan fingerprint density at radius 1 is 1.33 bits per heavy atom. The van der Waals surface area contributed by atoms with Gasteiger partial charge in [-0.1, -0.05) is 6.07 Å². The molecule has 0 aromatic heterocycles. The van der Waals surface area contributed by atoms with Crippen LogP contribution in [0.5, 0.6) is 0 Å². The third-order valence-corrected chi connectivity index (χ3v) is 2.92. The number of hydrogen-bond donors (Lipinski definition) is 1. The smallest absolute Gasteiger partial charge is 0.416 e. The average molecular weight is 282 g/mol. The summed E-state index contributed by atoms with van der Waals surface area (Å²) in [4.78, 5) is 10.8. The van der Waals surface area contributed by atoms with Crippen molar-refractivity contribution in [2.45, 2.75) is 11.9 Å². The van der Waals surface area contributed by atoms with E-state index in [1.54, 1.807) is 0 Å². The molecule has 1 N–H and O–H groups in total. The van der Waals surface area contributed by atoms with Crippen LogP contribution in [-0.2, 0) is 21.8 Å². The second-order valence-electron chi connectivity index (χ2n) is 3.74. The lowest BCUT2D eigenvalue weighted by Gasteiger charge is -2.10. The molecule has 4 nitrogen and oxygen atoms in total. The molecule has 0 amide bonds. The Labute approximate surface area is 101 Å². The summed E-state index contributed by atoms with van der Waals surface area (Å²) in [5, 5.41) is 8.79. The maximum absolute atomic E-state index is 12.4. The number of sulfone groups is 1. The Kier molecular flexibility index (Phi) is 3.70. The molecule has 0 spiro atoms. The molecule has 0 heterocycles. The van der Waals surface area contributed by atoms with Crippen LogP contribution in [0.25, 0.3) is 0 Å². The zero-order valence-electron chi connectivity index (χ0n) is 9.15. The van der Waals surface area contributed by atoms with E-state index in [1.807, 2.05) is 0 Å². The van der Waals surface area contributed by atoms with Gasteiger partial charge in [0.15, 0.2) is 9.84 Å². The van der Waals surface area contributed by atoms with Crippen LogP contribution in [0.4, 0.5) is 13.2 Å². The van der Waals surface area contributed by atoms with Gasteiger partial charge in [0.2, 0.25) is 0 Å². The molecule has 0 saturated heterocycles. The number of carbonyl (C=O) groups is 1. The summed E-state index contributed by atoms with van der Waals surface area (Å²) in [6, 6.07) is 1.96. The molecule has 100 valence electrons. The molecule has 0 bridgehead atoms. The minimum absolute atomic E-state index is 0.169. The minimum Gasteiger partial charge on any atom is -0.478 e. The molecule has 0 atom stereocenters. The molecule has 18 heavy (non-hydrogen) atoms. The second kappa shape index (κ2) is 4.60. The highest BCUT2D eigenvalue weighted by Gasteiger charge is 2.32. The van der Waals surface area contributed by atoms with Gasteiger partial charge in [0, 0.05) is 6.26 Å². The van der Waals surface area contributed by atoms with Gasteiger partial charge in [-0.3, -0.25) is 0 Å². The maximum atomic E-state index is 12.4. The van der Waals surface area contributed by atoms with Gasteiger partial charge in [-0.25, -0.2) is 13.2 Å². The number of carboxylic acid groups (broad SMARTS) is 1. The summed E-state index contributed by atoms with van der Waals surface area (Å²) in [5.41, 5.74) is -1.95.